The molecule has 1 aromatic heterocycles. The van der Waals surface area contributed by atoms with Crippen LogP contribution in [0.4, 0.5) is 5.69 Å². The highest BCUT2D eigenvalue weighted by Crippen LogP contribution is 2.29. The fourth-order valence-electron chi connectivity index (χ4n) is 4.47. The third-order valence-corrected chi connectivity index (χ3v) is 8.08. The number of aldehydes is 1. The van der Waals surface area contributed by atoms with E-state index in [4.69, 9.17) is 0 Å². The number of rotatable bonds is 14. The molecule has 2 N–H and O–H groups in total. The number of anilines is 1. The minimum Gasteiger partial charge on any atom is -0.354 e. The molecule has 1 fully saturated rings. The molecule has 2 atom stereocenters. The van der Waals surface area contributed by atoms with Crippen molar-refractivity contribution in [3.05, 3.63) is 95.3 Å². The van der Waals surface area contributed by atoms with Gasteiger partial charge in [-0.3, -0.25) is 18.9 Å². The van der Waals surface area contributed by atoms with Gasteiger partial charge in [-0.05, 0) is 73.6 Å². The van der Waals surface area contributed by atoms with Crippen LogP contribution in [-0.2, 0) is 27.8 Å². The molecule has 0 unspecified atom stereocenters. The Balaban J connectivity index is 1.63. The molecule has 39 heavy (non-hydrogen) atoms. The number of pyridine rings is 1. The van der Waals surface area contributed by atoms with E-state index in [1.165, 1.54) is 17.1 Å². The number of hydrogen-bond donors (Lipinski definition) is 2. The minimum absolute atomic E-state index is 0.0491. The van der Waals surface area contributed by atoms with Crippen molar-refractivity contribution in [1.82, 2.24) is 15.6 Å². The van der Waals surface area contributed by atoms with E-state index in [0.29, 0.717) is 36.7 Å². The van der Waals surface area contributed by atoms with E-state index in [1.54, 1.807) is 18.3 Å². The minimum atomic E-state index is -3.65. The monoisotopic (exact) mass is 548 g/mol. The van der Waals surface area contributed by atoms with E-state index < -0.39 is 16.1 Å². The maximum Gasteiger partial charge on any atom is 0.236 e. The molecule has 9 heteroatoms. The number of carbonyl (C=O) groups is 2. The first kappa shape index (κ1) is 28.4. The summed E-state index contributed by atoms with van der Waals surface area (Å²) in [5.74, 6) is 0.374. The largest absolute Gasteiger partial charge is 0.354 e. The second-order valence-electron chi connectivity index (χ2n) is 10.3. The van der Waals surface area contributed by atoms with Gasteiger partial charge in [0.1, 0.15) is 6.29 Å². The van der Waals surface area contributed by atoms with Crippen LogP contribution in [0.1, 0.15) is 52.9 Å². The van der Waals surface area contributed by atoms with Gasteiger partial charge in [0.15, 0.2) is 0 Å². The fraction of sp³-hybridized carbons (Fsp3) is 0.367. The van der Waals surface area contributed by atoms with Crippen molar-refractivity contribution in [2.75, 3.05) is 23.7 Å². The van der Waals surface area contributed by atoms with Crippen molar-refractivity contribution < 1.29 is 18.0 Å². The van der Waals surface area contributed by atoms with Crippen LogP contribution in [0.2, 0.25) is 0 Å². The summed E-state index contributed by atoms with van der Waals surface area (Å²) in [4.78, 5) is 29.0. The Morgan fingerprint density at radius 3 is 2.49 bits per heavy atom. The quantitative estimate of drug-likeness (QED) is 0.298. The second kappa shape index (κ2) is 13.0. The summed E-state index contributed by atoms with van der Waals surface area (Å²) in [6, 6.07) is 19.8. The molecule has 0 spiro atoms. The van der Waals surface area contributed by atoms with Gasteiger partial charge in [-0.15, -0.1) is 0 Å². The van der Waals surface area contributed by atoms with E-state index >= 15 is 0 Å². The van der Waals surface area contributed by atoms with Gasteiger partial charge in [-0.2, -0.15) is 0 Å². The van der Waals surface area contributed by atoms with Gasteiger partial charge in [0.25, 0.3) is 0 Å². The molecule has 0 bridgehead atoms. The molecule has 8 nitrogen and oxygen atoms in total. The average Bonchev–Trinajstić information content (AvgIpc) is 3.77. The van der Waals surface area contributed by atoms with Gasteiger partial charge in [-0.1, -0.05) is 36.4 Å². The average molecular weight is 549 g/mol. The number of sulfonamides is 1. The normalized spacial score (nSPS) is 14.8. The third kappa shape index (κ3) is 8.46. The summed E-state index contributed by atoms with van der Waals surface area (Å²) < 4.78 is 27.1. The van der Waals surface area contributed by atoms with Crippen LogP contribution in [0, 0.1) is 5.92 Å². The van der Waals surface area contributed by atoms with Crippen LogP contribution in [-0.4, -0.2) is 51.0 Å². The molecule has 1 heterocycles. The van der Waals surface area contributed by atoms with Crippen molar-refractivity contribution in [2.24, 2.45) is 5.92 Å². The van der Waals surface area contributed by atoms with E-state index in [2.05, 4.69) is 15.6 Å². The van der Waals surface area contributed by atoms with E-state index in [1.807, 2.05) is 61.5 Å². The van der Waals surface area contributed by atoms with Crippen molar-refractivity contribution >= 4 is 27.9 Å². The lowest BCUT2D eigenvalue weighted by Crippen LogP contribution is -2.44. The van der Waals surface area contributed by atoms with Gasteiger partial charge < -0.3 is 10.6 Å². The molecular weight excluding hydrogens is 512 g/mol. The smallest absolute Gasteiger partial charge is 0.236 e. The van der Waals surface area contributed by atoms with Crippen LogP contribution in [0.15, 0.2) is 72.9 Å². The summed E-state index contributed by atoms with van der Waals surface area (Å²) >= 11 is 0. The Kier molecular flexibility index (Phi) is 9.48. The maximum absolute atomic E-state index is 12.9. The van der Waals surface area contributed by atoms with Crippen LogP contribution in [0.5, 0.6) is 0 Å². The zero-order chi connectivity index (χ0) is 27.8. The molecule has 2 aromatic carbocycles. The van der Waals surface area contributed by atoms with Crippen LogP contribution in [0.25, 0.3) is 0 Å². The number of aromatic nitrogens is 1. The van der Waals surface area contributed by atoms with E-state index in [9.17, 15) is 18.0 Å². The Morgan fingerprint density at radius 1 is 1.10 bits per heavy atom. The molecule has 206 valence electrons. The molecule has 1 amide bonds. The second-order valence-corrected chi connectivity index (χ2v) is 12.2. The predicted molar refractivity (Wildman–Crippen MR) is 153 cm³/mol. The van der Waals surface area contributed by atoms with Crippen molar-refractivity contribution in [1.29, 1.82) is 0 Å². The van der Waals surface area contributed by atoms with Gasteiger partial charge in [-0.25, -0.2) is 8.42 Å². The summed E-state index contributed by atoms with van der Waals surface area (Å²) in [5.41, 5.74) is 3.28. The van der Waals surface area contributed by atoms with Crippen LogP contribution >= 0.6 is 0 Å². The summed E-state index contributed by atoms with van der Waals surface area (Å²) in [6.07, 6.45) is 6.50. The number of amides is 1. The Hall–Kier alpha value is -3.56. The Labute approximate surface area is 230 Å². The fourth-order valence-corrected chi connectivity index (χ4v) is 5.34. The van der Waals surface area contributed by atoms with Gasteiger partial charge >= 0.3 is 0 Å². The highest BCUT2D eigenvalue weighted by molar-refractivity contribution is 7.92. The summed E-state index contributed by atoms with van der Waals surface area (Å²) in [6.45, 7) is 3.12. The molecule has 3 aromatic rings. The van der Waals surface area contributed by atoms with Crippen LogP contribution in [0.3, 0.4) is 0 Å². The Morgan fingerprint density at radius 2 is 1.85 bits per heavy atom. The first-order chi connectivity index (χ1) is 18.7. The van der Waals surface area contributed by atoms with Crippen molar-refractivity contribution in [3.8, 4) is 0 Å². The highest BCUT2D eigenvalue weighted by Gasteiger charge is 2.25. The zero-order valence-electron chi connectivity index (χ0n) is 22.4. The van der Waals surface area contributed by atoms with E-state index in [-0.39, 0.29) is 18.4 Å². The van der Waals surface area contributed by atoms with Gasteiger partial charge in [0.2, 0.25) is 15.9 Å². The van der Waals surface area contributed by atoms with Crippen LogP contribution < -0.4 is 14.9 Å². The number of benzene rings is 2. The molecule has 0 aliphatic heterocycles. The molecule has 1 saturated carbocycles. The molecule has 0 radical (unpaired) electrons. The maximum atomic E-state index is 12.9. The molecule has 1 aliphatic rings. The van der Waals surface area contributed by atoms with Gasteiger partial charge in [0, 0.05) is 36.5 Å². The molecule has 0 saturated heterocycles. The first-order valence-electron chi connectivity index (χ1n) is 13.3. The standard InChI is InChI=1S/C30H36N4O4S/c1-22(30(36)33-18-23-11-12-23)32-19-27(16-28-10-6-7-13-31-28)26-14-25(21-35)15-29(17-26)34(39(2,37)38)20-24-8-4-3-5-9-24/h3-10,13-15,17,21-23,27,32H,11-12,16,18-20H2,1-2H3,(H,33,36)/t22-,27-/m0/s1. The number of carbonyl (C=O) groups excluding carboxylic acids is 2. The Bertz CT molecular complexity index is 1360. The first-order valence-corrected chi connectivity index (χ1v) is 15.1. The predicted octanol–water partition coefficient (Wildman–Crippen LogP) is 3.69. The van der Waals surface area contributed by atoms with E-state index in [0.717, 1.165) is 29.4 Å². The highest BCUT2D eigenvalue weighted by atomic mass is 32.2. The lowest BCUT2D eigenvalue weighted by atomic mass is 9.91. The lowest BCUT2D eigenvalue weighted by Gasteiger charge is -2.26. The molecule has 1 aliphatic carbocycles. The molecule has 4 rings (SSSR count). The third-order valence-electron chi connectivity index (χ3n) is 6.93. The summed E-state index contributed by atoms with van der Waals surface area (Å²) in [7, 11) is -3.65. The number of nitrogens with one attached hydrogen (secondary N) is 2. The van der Waals surface area contributed by atoms with Crippen molar-refractivity contribution in [3.63, 3.8) is 0 Å². The lowest BCUT2D eigenvalue weighted by molar-refractivity contribution is -0.122. The number of nitrogens with zero attached hydrogens (tertiary/aromatic N) is 2. The summed E-state index contributed by atoms with van der Waals surface area (Å²) in [5, 5.41) is 6.35. The van der Waals surface area contributed by atoms with Gasteiger partial charge in [0.05, 0.1) is 24.5 Å². The zero-order valence-corrected chi connectivity index (χ0v) is 23.2. The topological polar surface area (TPSA) is 108 Å². The molecular formula is C30H36N4O4S. The number of hydrogen-bond acceptors (Lipinski definition) is 6. The van der Waals surface area contributed by atoms with Crippen molar-refractivity contribution in [2.45, 2.75) is 44.7 Å². The SMILES string of the molecule is C[C@H](NC[C@H](Cc1ccccn1)c1cc(C=O)cc(N(Cc2ccccc2)S(C)(=O)=O)c1)C(=O)NCC1CC1.